The predicted octanol–water partition coefficient (Wildman–Crippen LogP) is 4.54. The zero-order chi connectivity index (χ0) is 20.5. The van der Waals surface area contributed by atoms with Gasteiger partial charge in [0.05, 0.1) is 12.1 Å². The van der Waals surface area contributed by atoms with Crippen LogP contribution in [-0.2, 0) is 11.2 Å². The lowest BCUT2D eigenvalue weighted by Gasteiger charge is -2.37. The Hall–Kier alpha value is -1.69. The van der Waals surface area contributed by atoms with Crippen molar-refractivity contribution in [3.8, 4) is 5.75 Å². The highest BCUT2D eigenvalue weighted by atomic mass is 32.2. The van der Waals surface area contributed by atoms with Gasteiger partial charge in [-0.25, -0.2) is 4.79 Å². The number of nitrogens with one attached hydrogen (secondary N) is 2. The van der Waals surface area contributed by atoms with Gasteiger partial charge < -0.3 is 15.4 Å². The number of carbonyl (C=O) groups excluding carboxylic acids is 2. The molecule has 6 heteroatoms. The zero-order valence-electron chi connectivity index (χ0n) is 17.5. The maximum Gasteiger partial charge on any atom is 0.315 e. The quantitative estimate of drug-likeness (QED) is 0.302. The first kappa shape index (κ1) is 20.2. The molecule has 162 valence electrons. The number of rotatable bonds is 6. The molecule has 2 heterocycles. The molecule has 1 aromatic rings. The van der Waals surface area contributed by atoms with Crippen LogP contribution in [0.1, 0.15) is 74.8 Å². The minimum absolute atomic E-state index is 0.0384. The highest BCUT2D eigenvalue weighted by Crippen LogP contribution is 2.46. The summed E-state index contributed by atoms with van der Waals surface area (Å²) < 4.78 is 5.70. The van der Waals surface area contributed by atoms with Gasteiger partial charge in [0, 0.05) is 17.4 Å². The smallest absolute Gasteiger partial charge is 0.315 e. The fraction of sp³-hybridized carbons (Fsp3) is 0.667. The molecule has 30 heavy (non-hydrogen) atoms. The summed E-state index contributed by atoms with van der Waals surface area (Å²) in [6, 6.07) is 6.79. The molecule has 2 amide bonds. The molecule has 1 aromatic carbocycles. The van der Waals surface area contributed by atoms with E-state index in [4.69, 9.17) is 4.74 Å². The molecule has 0 aromatic heterocycles. The van der Waals surface area contributed by atoms with E-state index in [0.717, 1.165) is 36.7 Å². The molecule has 5 atom stereocenters. The van der Waals surface area contributed by atoms with Gasteiger partial charge in [0.2, 0.25) is 0 Å². The molecule has 1 saturated carbocycles. The van der Waals surface area contributed by atoms with E-state index >= 15 is 0 Å². The van der Waals surface area contributed by atoms with Gasteiger partial charge in [-0.1, -0.05) is 25.3 Å². The number of hydrogen-bond acceptors (Lipinski definition) is 4. The van der Waals surface area contributed by atoms with E-state index in [9.17, 15) is 9.59 Å². The van der Waals surface area contributed by atoms with Gasteiger partial charge in [-0.15, -0.1) is 0 Å². The van der Waals surface area contributed by atoms with E-state index in [1.807, 2.05) is 17.8 Å². The van der Waals surface area contributed by atoms with Crippen molar-refractivity contribution in [3.05, 3.63) is 29.3 Å². The summed E-state index contributed by atoms with van der Waals surface area (Å²) in [7, 11) is 0. The Morgan fingerprint density at radius 2 is 2.03 bits per heavy atom. The summed E-state index contributed by atoms with van der Waals surface area (Å²) in [4.78, 5) is 23.9. The van der Waals surface area contributed by atoms with Crippen molar-refractivity contribution in [1.82, 2.24) is 10.6 Å². The van der Waals surface area contributed by atoms with Crippen LogP contribution in [-0.4, -0.2) is 35.1 Å². The van der Waals surface area contributed by atoms with Crippen LogP contribution in [0.5, 0.6) is 5.75 Å². The number of unbranched alkanes of at least 4 members (excludes halogenated alkanes) is 1. The second-order valence-electron chi connectivity index (χ2n) is 9.39. The number of hydrogen-bond donors (Lipinski definition) is 2. The maximum absolute atomic E-state index is 12.4. The zero-order valence-corrected chi connectivity index (χ0v) is 18.3. The summed E-state index contributed by atoms with van der Waals surface area (Å²) in [5.74, 6) is 3.07. The minimum Gasteiger partial charge on any atom is -0.427 e. The summed E-state index contributed by atoms with van der Waals surface area (Å²) in [5, 5.41) is 6.46. The number of urea groups is 1. The Labute approximate surface area is 183 Å². The Bertz CT molecular complexity index is 814. The first-order valence-electron chi connectivity index (χ1n) is 11.7. The monoisotopic (exact) mass is 428 g/mol. The molecule has 0 spiro atoms. The number of ether oxygens (including phenoxy) is 1. The van der Waals surface area contributed by atoms with Crippen molar-refractivity contribution in [1.29, 1.82) is 0 Å². The fourth-order valence-electron chi connectivity index (χ4n) is 5.95. The van der Waals surface area contributed by atoms with Gasteiger partial charge in [0.1, 0.15) is 5.75 Å². The largest absolute Gasteiger partial charge is 0.427 e. The van der Waals surface area contributed by atoms with Crippen LogP contribution in [0.25, 0.3) is 0 Å². The van der Waals surface area contributed by atoms with Crippen LogP contribution in [0, 0.1) is 5.92 Å². The summed E-state index contributed by atoms with van der Waals surface area (Å²) >= 11 is 1.93. The van der Waals surface area contributed by atoms with Crippen LogP contribution in [0.4, 0.5) is 4.79 Å². The lowest BCUT2D eigenvalue weighted by molar-refractivity contribution is -0.134. The third-order valence-electron chi connectivity index (χ3n) is 7.50. The maximum atomic E-state index is 12.4. The number of esters is 1. The van der Waals surface area contributed by atoms with Gasteiger partial charge in [-0.2, -0.15) is 11.8 Å². The van der Waals surface area contributed by atoms with E-state index < -0.39 is 0 Å². The first-order valence-corrected chi connectivity index (χ1v) is 12.7. The summed E-state index contributed by atoms with van der Waals surface area (Å²) in [6.45, 7) is 0. The van der Waals surface area contributed by atoms with Crippen molar-refractivity contribution in [2.45, 2.75) is 87.5 Å². The van der Waals surface area contributed by atoms with Gasteiger partial charge in [0.25, 0.3) is 0 Å². The van der Waals surface area contributed by atoms with Crippen molar-refractivity contribution in [2.24, 2.45) is 5.92 Å². The van der Waals surface area contributed by atoms with Crippen molar-refractivity contribution in [3.63, 3.8) is 0 Å². The van der Waals surface area contributed by atoms with Gasteiger partial charge in [-0.3, -0.25) is 4.79 Å². The molecular weight excluding hydrogens is 396 g/mol. The SMILES string of the molecule is O=C1NC2CSC(CCCCC(=O)Oc3ccc4c(c3)C3CCCCC3CC4)C2N1. The Morgan fingerprint density at radius 1 is 1.13 bits per heavy atom. The standard InChI is InChI=1S/C24H32N2O3S/c27-22(8-4-3-7-21-23-20(14-30-21)25-24(28)26-23)29-17-12-11-16-10-9-15-5-1-2-6-18(15)19(16)13-17/h11-13,15,18,20-21,23H,1-10,14H2,(H2,25,26,28). The van der Waals surface area contributed by atoms with Gasteiger partial charge in [-0.05, 0) is 73.6 Å². The number of amides is 2. The second kappa shape index (κ2) is 8.81. The second-order valence-corrected chi connectivity index (χ2v) is 10.7. The lowest BCUT2D eigenvalue weighted by atomic mass is 9.68. The number of thioether (sulfide) groups is 1. The average Bonchev–Trinajstić information content (AvgIpc) is 3.30. The molecule has 2 saturated heterocycles. The Balaban J connectivity index is 1.09. The van der Waals surface area contributed by atoms with E-state index in [0.29, 0.717) is 17.6 Å². The van der Waals surface area contributed by atoms with Gasteiger partial charge >= 0.3 is 12.0 Å². The molecule has 0 radical (unpaired) electrons. The third kappa shape index (κ3) is 4.20. The molecule has 2 aliphatic carbocycles. The number of carbonyl (C=O) groups is 2. The molecule has 3 fully saturated rings. The summed E-state index contributed by atoms with van der Waals surface area (Å²) in [5.41, 5.74) is 2.90. The van der Waals surface area contributed by atoms with E-state index in [-0.39, 0.29) is 24.1 Å². The normalized spacial score (nSPS) is 31.9. The molecule has 0 bridgehead atoms. The highest BCUT2D eigenvalue weighted by molar-refractivity contribution is 8.00. The van der Waals surface area contributed by atoms with Crippen LogP contribution in [0.3, 0.4) is 0 Å². The molecule has 5 rings (SSSR count). The Morgan fingerprint density at radius 3 is 2.97 bits per heavy atom. The van der Waals surface area contributed by atoms with Crippen molar-refractivity contribution >= 4 is 23.8 Å². The van der Waals surface area contributed by atoms with E-state index in [1.165, 1.54) is 49.7 Å². The molecule has 5 nitrogen and oxygen atoms in total. The van der Waals surface area contributed by atoms with Crippen LogP contribution < -0.4 is 15.4 Å². The molecule has 4 aliphatic rings. The van der Waals surface area contributed by atoms with E-state index in [1.54, 1.807) is 0 Å². The summed E-state index contributed by atoms with van der Waals surface area (Å²) in [6.07, 6.45) is 11.1. The number of aryl methyl sites for hydroxylation is 1. The average molecular weight is 429 g/mol. The topological polar surface area (TPSA) is 67.4 Å². The van der Waals surface area contributed by atoms with Crippen LogP contribution in [0.15, 0.2) is 18.2 Å². The lowest BCUT2D eigenvalue weighted by Crippen LogP contribution is -2.36. The molecule has 2 N–H and O–H groups in total. The minimum atomic E-state index is -0.126. The predicted molar refractivity (Wildman–Crippen MR) is 119 cm³/mol. The third-order valence-corrected chi connectivity index (χ3v) is 9.01. The van der Waals surface area contributed by atoms with Crippen molar-refractivity contribution in [2.75, 3.05) is 5.75 Å². The van der Waals surface area contributed by atoms with Crippen LogP contribution >= 0.6 is 11.8 Å². The van der Waals surface area contributed by atoms with Gasteiger partial charge in [0.15, 0.2) is 0 Å². The molecule has 2 aliphatic heterocycles. The van der Waals surface area contributed by atoms with Crippen molar-refractivity contribution < 1.29 is 14.3 Å². The number of benzene rings is 1. The first-order chi connectivity index (χ1) is 14.7. The number of fused-ring (bicyclic) bond motifs is 4. The molecule has 5 unspecified atom stereocenters. The highest BCUT2D eigenvalue weighted by Gasteiger charge is 2.42. The van der Waals surface area contributed by atoms with E-state index in [2.05, 4.69) is 22.8 Å². The van der Waals surface area contributed by atoms with Crippen LogP contribution in [0.2, 0.25) is 0 Å². The fourth-order valence-corrected chi connectivity index (χ4v) is 7.50. The molecular formula is C24H32N2O3S. The Kier molecular flexibility index (Phi) is 5.94.